The van der Waals surface area contributed by atoms with E-state index in [2.05, 4.69) is 11.7 Å². The monoisotopic (exact) mass is 247 g/mol. The summed E-state index contributed by atoms with van der Waals surface area (Å²) in [4.78, 5) is 11.0. The van der Waals surface area contributed by atoms with Crippen LogP contribution in [0.5, 0.6) is 0 Å². The molecular weight excluding hydrogens is 222 g/mol. The van der Waals surface area contributed by atoms with E-state index in [1.165, 1.54) is 45.0 Å². The maximum Gasteiger partial charge on any atom is 0.322 e. The predicted octanol–water partition coefficient (Wildman–Crippen LogP) is 2.58. The molecule has 0 spiro atoms. The zero-order chi connectivity index (χ0) is 12.2. The second-order valence-electron chi connectivity index (χ2n) is 3.94. The van der Waals surface area contributed by atoms with Crippen molar-refractivity contribution in [3.63, 3.8) is 0 Å². The highest BCUT2D eigenvalue weighted by Gasteiger charge is 2.12. The van der Waals surface area contributed by atoms with Gasteiger partial charge in [-0.25, -0.2) is 0 Å². The molecule has 0 aliphatic heterocycles. The largest absolute Gasteiger partial charge is 0.468 e. The summed E-state index contributed by atoms with van der Waals surface area (Å²) < 4.78 is 4.56. The molecule has 3 nitrogen and oxygen atoms in total. The number of carbonyl (C=O) groups excluding carboxylic acids is 1. The highest BCUT2D eigenvalue weighted by molar-refractivity contribution is 7.99. The number of nitrogens with two attached hydrogens (primary N) is 1. The number of unbranched alkanes of at least 4 members (excludes halogenated alkanes) is 4. The number of rotatable bonds is 10. The van der Waals surface area contributed by atoms with Crippen LogP contribution in [0, 0.1) is 0 Å². The highest BCUT2D eigenvalue weighted by Crippen LogP contribution is 2.10. The normalized spacial score (nSPS) is 12.4. The number of carbonyl (C=O) groups is 1. The fourth-order valence-electron chi connectivity index (χ4n) is 1.39. The molecule has 0 heterocycles. The molecule has 0 aromatic carbocycles. The molecule has 0 radical (unpaired) electrons. The molecule has 0 saturated heterocycles. The van der Waals surface area contributed by atoms with Crippen LogP contribution in [0.2, 0.25) is 0 Å². The minimum absolute atomic E-state index is 0.302. The van der Waals surface area contributed by atoms with Crippen molar-refractivity contribution in [2.24, 2.45) is 5.73 Å². The number of thioether (sulfide) groups is 1. The molecule has 0 aliphatic carbocycles. The fraction of sp³-hybridized carbons (Fsp3) is 0.917. The van der Waals surface area contributed by atoms with Crippen LogP contribution in [0.4, 0.5) is 0 Å². The van der Waals surface area contributed by atoms with Gasteiger partial charge < -0.3 is 10.5 Å². The van der Waals surface area contributed by atoms with Gasteiger partial charge in [0.2, 0.25) is 0 Å². The summed E-state index contributed by atoms with van der Waals surface area (Å²) in [6.07, 6.45) is 7.30. The first-order valence-electron chi connectivity index (χ1n) is 6.13. The van der Waals surface area contributed by atoms with E-state index in [9.17, 15) is 4.79 Å². The first-order valence-corrected chi connectivity index (χ1v) is 7.29. The number of hydrogen-bond donors (Lipinski definition) is 1. The van der Waals surface area contributed by atoms with Gasteiger partial charge in [0.15, 0.2) is 0 Å². The van der Waals surface area contributed by atoms with Crippen molar-refractivity contribution >= 4 is 17.7 Å². The molecule has 0 bridgehead atoms. The smallest absolute Gasteiger partial charge is 0.322 e. The minimum atomic E-state index is -0.447. The Hall–Kier alpha value is -0.220. The predicted molar refractivity (Wildman–Crippen MR) is 70.7 cm³/mol. The molecule has 0 fully saturated rings. The summed E-state index contributed by atoms with van der Waals surface area (Å²) in [5.41, 5.74) is 5.62. The summed E-state index contributed by atoms with van der Waals surface area (Å²) in [7, 11) is 1.38. The molecule has 0 aliphatic rings. The van der Waals surface area contributed by atoms with Gasteiger partial charge in [0.05, 0.1) is 7.11 Å². The second-order valence-corrected chi connectivity index (χ2v) is 5.17. The van der Waals surface area contributed by atoms with E-state index in [4.69, 9.17) is 5.73 Å². The Morgan fingerprint density at radius 3 is 2.56 bits per heavy atom. The zero-order valence-electron chi connectivity index (χ0n) is 10.5. The lowest BCUT2D eigenvalue weighted by molar-refractivity contribution is -0.142. The van der Waals surface area contributed by atoms with E-state index in [1.807, 2.05) is 11.8 Å². The average Bonchev–Trinajstić information content (AvgIpc) is 2.31. The Balaban J connectivity index is 3.17. The second kappa shape index (κ2) is 11.3. The van der Waals surface area contributed by atoms with Crippen molar-refractivity contribution in [3.8, 4) is 0 Å². The van der Waals surface area contributed by atoms with Gasteiger partial charge in [-0.3, -0.25) is 4.79 Å². The molecule has 4 heteroatoms. The quantitative estimate of drug-likeness (QED) is 0.476. The van der Waals surface area contributed by atoms with Gasteiger partial charge in [0.1, 0.15) is 6.04 Å². The van der Waals surface area contributed by atoms with Crippen molar-refractivity contribution in [3.05, 3.63) is 0 Å². The molecule has 0 amide bonds. The van der Waals surface area contributed by atoms with Crippen LogP contribution in [0.1, 0.15) is 45.4 Å². The molecule has 0 aromatic heterocycles. The number of ether oxygens (including phenoxy) is 1. The van der Waals surface area contributed by atoms with E-state index < -0.39 is 6.04 Å². The number of methoxy groups -OCH3 is 1. The zero-order valence-corrected chi connectivity index (χ0v) is 11.4. The van der Waals surface area contributed by atoms with E-state index in [0.29, 0.717) is 6.42 Å². The number of esters is 1. The Kier molecular flexibility index (Phi) is 11.1. The van der Waals surface area contributed by atoms with Crippen molar-refractivity contribution in [1.82, 2.24) is 0 Å². The van der Waals surface area contributed by atoms with Gasteiger partial charge in [-0.15, -0.1) is 0 Å². The maximum atomic E-state index is 11.0. The van der Waals surface area contributed by atoms with Crippen LogP contribution in [0.3, 0.4) is 0 Å². The molecule has 0 rings (SSSR count). The van der Waals surface area contributed by atoms with E-state index in [1.54, 1.807) is 0 Å². The van der Waals surface area contributed by atoms with Crippen molar-refractivity contribution in [1.29, 1.82) is 0 Å². The van der Waals surface area contributed by atoms with Gasteiger partial charge in [-0.1, -0.05) is 32.6 Å². The third-order valence-electron chi connectivity index (χ3n) is 2.47. The first kappa shape index (κ1) is 15.8. The number of hydrogen-bond acceptors (Lipinski definition) is 4. The summed E-state index contributed by atoms with van der Waals surface area (Å²) in [5, 5.41) is 0. The SMILES string of the molecule is CCCCCCCSCCC(N)C(=O)OC. The molecule has 16 heavy (non-hydrogen) atoms. The third kappa shape index (κ3) is 9.04. The highest BCUT2D eigenvalue weighted by atomic mass is 32.2. The van der Waals surface area contributed by atoms with Crippen LogP contribution in [-0.4, -0.2) is 30.6 Å². The van der Waals surface area contributed by atoms with Crippen LogP contribution in [-0.2, 0) is 9.53 Å². The maximum absolute atomic E-state index is 11.0. The molecular formula is C12H25NO2S. The summed E-state index contributed by atoms with van der Waals surface area (Å²) in [6, 6.07) is -0.447. The summed E-state index contributed by atoms with van der Waals surface area (Å²) in [6.45, 7) is 2.23. The van der Waals surface area contributed by atoms with Crippen molar-refractivity contribution in [2.45, 2.75) is 51.5 Å². The lowest BCUT2D eigenvalue weighted by Crippen LogP contribution is -2.32. The minimum Gasteiger partial charge on any atom is -0.468 e. The van der Waals surface area contributed by atoms with Crippen LogP contribution < -0.4 is 5.73 Å². The Bertz CT molecular complexity index is 176. The van der Waals surface area contributed by atoms with Gasteiger partial charge >= 0.3 is 5.97 Å². The Morgan fingerprint density at radius 1 is 1.25 bits per heavy atom. The van der Waals surface area contributed by atoms with Gasteiger partial charge in [0, 0.05) is 0 Å². The van der Waals surface area contributed by atoms with Gasteiger partial charge in [-0.2, -0.15) is 11.8 Å². The van der Waals surface area contributed by atoms with Gasteiger partial charge in [0.25, 0.3) is 0 Å². The molecule has 0 saturated carbocycles. The lowest BCUT2D eigenvalue weighted by Gasteiger charge is -2.08. The molecule has 1 atom stereocenters. The van der Waals surface area contributed by atoms with Crippen LogP contribution >= 0.6 is 11.8 Å². The average molecular weight is 247 g/mol. The standard InChI is InChI=1S/C12H25NO2S/c1-3-4-5-6-7-9-16-10-8-11(13)12(14)15-2/h11H,3-10,13H2,1-2H3. The lowest BCUT2D eigenvalue weighted by atomic mass is 10.2. The fourth-order valence-corrected chi connectivity index (χ4v) is 2.42. The molecule has 96 valence electrons. The molecule has 0 aromatic rings. The van der Waals surface area contributed by atoms with E-state index in [0.717, 1.165) is 5.75 Å². The van der Waals surface area contributed by atoms with E-state index >= 15 is 0 Å². The van der Waals surface area contributed by atoms with Crippen LogP contribution in [0.15, 0.2) is 0 Å². The van der Waals surface area contributed by atoms with Crippen LogP contribution in [0.25, 0.3) is 0 Å². The van der Waals surface area contributed by atoms with Crippen molar-refractivity contribution < 1.29 is 9.53 Å². The van der Waals surface area contributed by atoms with Gasteiger partial charge in [-0.05, 0) is 24.3 Å². The Labute approximate surface area is 103 Å². The topological polar surface area (TPSA) is 52.3 Å². The summed E-state index contributed by atoms with van der Waals surface area (Å²) in [5.74, 6) is 1.82. The first-order chi connectivity index (χ1) is 7.72. The molecule has 1 unspecified atom stereocenters. The van der Waals surface area contributed by atoms with E-state index in [-0.39, 0.29) is 5.97 Å². The molecule has 2 N–H and O–H groups in total. The Morgan fingerprint density at radius 2 is 1.94 bits per heavy atom. The summed E-state index contributed by atoms with van der Waals surface area (Å²) >= 11 is 1.88. The third-order valence-corrected chi connectivity index (χ3v) is 3.57. The van der Waals surface area contributed by atoms with Crippen molar-refractivity contribution in [2.75, 3.05) is 18.6 Å².